The Labute approximate surface area is 625 Å². The number of anilines is 6. The van der Waals surface area contributed by atoms with Crippen LogP contribution in [0, 0.1) is 11.8 Å². The van der Waals surface area contributed by atoms with E-state index in [0.29, 0.717) is 23.7 Å². The molecule has 12 aromatic carbocycles. The maximum atomic E-state index is 2.43. The van der Waals surface area contributed by atoms with Crippen molar-refractivity contribution >= 4 is 99.5 Å². The van der Waals surface area contributed by atoms with Gasteiger partial charge in [0.05, 0.1) is 33.1 Å². The van der Waals surface area contributed by atoms with Gasteiger partial charge in [0.2, 0.25) is 0 Å². The first kappa shape index (κ1) is 72.8. The van der Waals surface area contributed by atoms with Crippen molar-refractivity contribution in [1.29, 1.82) is 0 Å². The first-order valence-electron chi connectivity index (χ1n) is 38.4. The average Bonchev–Trinajstić information content (AvgIpc) is 1.60. The number of fused-ring (bicyclic) bond motifs is 9. The second-order valence-corrected chi connectivity index (χ2v) is 32.3. The summed E-state index contributed by atoms with van der Waals surface area (Å²) in [7, 11) is 6.36. The molecule has 2 atom stereocenters. The van der Waals surface area contributed by atoms with Crippen LogP contribution in [0.3, 0.4) is 0 Å². The predicted octanol–water partition coefficient (Wildman–Crippen LogP) is 27.7. The molecule has 534 valence electrons. The van der Waals surface area contributed by atoms with Crippen LogP contribution in [0.15, 0.2) is 273 Å². The molecule has 0 aliphatic carbocycles. The minimum absolute atomic E-state index is 0.105. The Hall–Kier alpha value is -10.6. The van der Waals surface area contributed by atoms with Crippen LogP contribution in [0.25, 0.3) is 82.5 Å². The molecule has 0 fully saturated rings. The smallest absolute Gasteiger partial charge is 0.0541 e. The Kier molecular flexibility index (Phi) is 21.2. The van der Waals surface area contributed by atoms with Crippen LogP contribution < -0.4 is 14.7 Å². The summed E-state index contributed by atoms with van der Waals surface area (Å²) in [6.07, 6.45) is 4.51. The van der Waals surface area contributed by atoms with Gasteiger partial charge < -0.3 is 28.4 Å². The monoisotopic (exact) mass is 1380 g/mol. The van der Waals surface area contributed by atoms with E-state index in [1.807, 2.05) is 0 Å². The van der Waals surface area contributed by atoms with Gasteiger partial charge in [0, 0.05) is 105 Å². The van der Waals surface area contributed by atoms with Crippen molar-refractivity contribution in [1.82, 2.24) is 13.7 Å². The minimum Gasteiger partial charge on any atom is -0.345 e. The first-order valence-corrected chi connectivity index (χ1v) is 38.4. The van der Waals surface area contributed by atoms with Gasteiger partial charge in [-0.25, -0.2) is 0 Å². The molecule has 0 amide bonds. The van der Waals surface area contributed by atoms with Crippen LogP contribution in [0.5, 0.6) is 0 Å². The molecule has 0 aliphatic heterocycles. The zero-order valence-corrected chi connectivity index (χ0v) is 65.3. The van der Waals surface area contributed by atoms with Gasteiger partial charge in [-0.1, -0.05) is 188 Å². The second-order valence-electron chi connectivity index (χ2n) is 32.3. The van der Waals surface area contributed by atoms with Gasteiger partial charge in [0.15, 0.2) is 0 Å². The molecule has 0 spiro atoms. The SMILES string of the molecule is CC(C)Cc1ccc2c(c1)c1cc(CC(C)C)ccc1n2-c1ccc(N(C)c2ccccc2)cc1.CCC(C)c1ccc2c(c1)c1cc(C(C)CC)ccc1n2-c1ccc(N(C)c2ccccc2)cc1.CN(c1ccccc1)c1ccc(-n2c3ccc(C(C)(C)C)cc3c3cc(C(C)(C)C)ccc32)cc1. The van der Waals surface area contributed by atoms with Crippen molar-refractivity contribution in [2.24, 2.45) is 11.8 Å². The molecule has 15 aromatic rings. The third-order valence-corrected chi connectivity index (χ3v) is 21.8. The molecule has 2 unspecified atom stereocenters. The van der Waals surface area contributed by atoms with Crippen molar-refractivity contribution in [3.05, 3.63) is 306 Å². The van der Waals surface area contributed by atoms with Gasteiger partial charge in [0.25, 0.3) is 0 Å². The summed E-state index contributed by atoms with van der Waals surface area (Å²) in [6, 6.07) is 101. The summed E-state index contributed by atoms with van der Waals surface area (Å²) in [6.45, 7) is 32.1. The van der Waals surface area contributed by atoms with Gasteiger partial charge in [0.1, 0.15) is 0 Å². The molecule has 3 aromatic heterocycles. The van der Waals surface area contributed by atoms with Gasteiger partial charge in [-0.3, -0.25) is 0 Å². The summed E-state index contributed by atoms with van der Waals surface area (Å²) in [5.74, 6) is 2.41. The molecule has 0 saturated carbocycles. The van der Waals surface area contributed by atoms with Crippen molar-refractivity contribution < 1.29 is 0 Å². The van der Waals surface area contributed by atoms with E-state index in [9.17, 15) is 0 Å². The summed E-state index contributed by atoms with van der Waals surface area (Å²) in [5.41, 5.74) is 26.9. The highest BCUT2D eigenvalue weighted by Gasteiger charge is 2.23. The Morgan fingerprint density at radius 1 is 0.276 bits per heavy atom. The second kappa shape index (κ2) is 30.6. The van der Waals surface area contributed by atoms with Crippen LogP contribution in [-0.2, 0) is 23.7 Å². The number of para-hydroxylation sites is 3. The number of nitrogens with zero attached hydrogens (tertiary/aromatic N) is 6. The number of benzene rings is 12. The number of hydrogen-bond donors (Lipinski definition) is 0. The Morgan fingerprint density at radius 2 is 0.524 bits per heavy atom. The molecule has 0 saturated heterocycles. The van der Waals surface area contributed by atoms with Crippen LogP contribution in [-0.4, -0.2) is 34.8 Å². The Morgan fingerprint density at radius 3 is 0.790 bits per heavy atom. The van der Waals surface area contributed by atoms with Crippen molar-refractivity contribution in [3.8, 4) is 17.1 Å². The predicted molar refractivity (Wildman–Crippen MR) is 458 cm³/mol. The van der Waals surface area contributed by atoms with Gasteiger partial charge in [-0.2, -0.15) is 0 Å². The molecule has 15 rings (SSSR count). The molecular formula is C99H108N6. The maximum Gasteiger partial charge on any atom is 0.0541 e. The fourth-order valence-electron chi connectivity index (χ4n) is 15.1. The van der Waals surface area contributed by atoms with E-state index in [1.54, 1.807) is 0 Å². The fraction of sp³-hybridized carbons (Fsp3) is 0.273. The topological polar surface area (TPSA) is 24.5 Å². The van der Waals surface area contributed by atoms with Crippen LogP contribution in [0.1, 0.15) is 155 Å². The highest BCUT2D eigenvalue weighted by atomic mass is 15.1. The summed E-state index contributed by atoms with van der Waals surface area (Å²) < 4.78 is 7.27. The highest BCUT2D eigenvalue weighted by molar-refractivity contribution is 6.12. The lowest BCUT2D eigenvalue weighted by atomic mass is 9.85. The van der Waals surface area contributed by atoms with E-state index in [2.05, 4.69) is 419 Å². The zero-order valence-electron chi connectivity index (χ0n) is 65.3. The normalized spacial score (nSPS) is 12.5. The summed E-state index contributed by atoms with van der Waals surface area (Å²) in [4.78, 5) is 6.68. The number of rotatable bonds is 17. The van der Waals surface area contributed by atoms with Gasteiger partial charge in [-0.05, 0) is 276 Å². The van der Waals surface area contributed by atoms with Gasteiger partial charge in [-0.15, -0.1) is 0 Å². The molecule has 3 heterocycles. The molecule has 0 N–H and O–H groups in total. The third-order valence-electron chi connectivity index (χ3n) is 21.8. The molecule has 6 heteroatoms. The van der Waals surface area contributed by atoms with E-state index < -0.39 is 0 Å². The lowest BCUT2D eigenvalue weighted by Gasteiger charge is -2.20. The average molecular weight is 1380 g/mol. The Balaban J connectivity index is 0.000000140. The summed E-state index contributed by atoms with van der Waals surface area (Å²) >= 11 is 0. The largest absolute Gasteiger partial charge is 0.345 e. The molecule has 6 nitrogen and oxygen atoms in total. The molecular weight excluding hydrogens is 1270 g/mol. The number of hydrogen-bond acceptors (Lipinski definition) is 3. The third kappa shape index (κ3) is 15.4. The quantitative estimate of drug-likeness (QED) is 0.0908. The van der Waals surface area contributed by atoms with Gasteiger partial charge >= 0.3 is 0 Å². The molecule has 0 bridgehead atoms. The van der Waals surface area contributed by atoms with E-state index >= 15 is 0 Å². The molecule has 105 heavy (non-hydrogen) atoms. The fourth-order valence-corrected chi connectivity index (χ4v) is 15.1. The summed E-state index contributed by atoms with van der Waals surface area (Å²) in [5, 5.41) is 8.07. The minimum atomic E-state index is 0.105. The standard InChI is InChI=1S/3C33H36N2/c1-32(2,3)23-13-19-30-28(21-23)29-22-24(33(4,5)6)14-20-31(29)35(30)27-17-15-26(16-18-27)34(7)25-11-9-8-10-12-25;1-23(2)19-25-11-17-32-30(21-25)31-22-26(20-24(3)4)12-18-33(31)35(32)29-15-13-28(14-16-29)34(5)27-9-7-6-8-10-27;1-6-23(3)25-13-19-32-30(21-25)31-22-26(24(4)7-2)14-20-33(31)35(32)29-17-15-28(16-18-29)34(5)27-11-9-8-10-12-27/h8-22H,1-7H3;6-18,21-24H,19-20H2,1-5H3;8-24H,6-7H2,1-5H3. The van der Waals surface area contributed by atoms with E-state index in [1.165, 1.54) is 150 Å². The van der Waals surface area contributed by atoms with Crippen molar-refractivity contribution in [3.63, 3.8) is 0 Å². The van der Waals surface area contributed by atoms with Crippen LogP contribution in [0.2, 0.25) is 0 Å². The Bertz CT molecular complexity index is 5260. The zero-order chi connectivity index (χ0) is 74.0. The lowest BCUT2D eigenvalue weighted by Crippen LogP contribution is -2.10. The number of aromatic nitrogens is 3. The van der Waals surface area contributed by atoms with E-state index in [0.717, 1.165) is 25.7 Å². The van der Waals surface area contributed by atoms with Crippen molar-refractivity contribution in [2.75, 3.05) is 35.8 Å². The van der Waals surface area contributed by atoms with E-state index in [4.69, 9.17) is 0 Å². The maximum absolute atomic E-state index is 2.43. The lowest BCUT2D eigenvalue weighted by molar-refractivity contribution is 0.590. The van der Waals surface area contributed by atoms with Crippen LogP contribution in [0.4, 0.5) is 34.1 Å². The van der Waals surface area contributed by atoms with E-state index in [-0.39, 0.29) is 10.8 Å². The molecule has 0 radical (unpaired) electrons. The first-order chi connectivity index (χ1) is 50.5. The van der Waals surface area contributed by atoms with Crippen molar-refractivity contribution in [2.45, 2.75) is 145 Å². The van der Waals surface area contributed by atoms with Crippen LogP contribution >= 0.6 is 0 Å². The molecule has 0 aliphatic rings. The highest BCUT2D eigenvalue weighted by Crippen LogP contribution is 2.42.